The van der Waals surface area contributed by atoms with Crippen molar-refractivity contribution in [1.82, 2.24) is 4.98 Å². The third-order valence-corrected chi connectivity index (χ3v) is 6.16. The van der Waals surface area contributed by atoms with E-state index in [0.717, 1.165) is 5.69 Å². The van der Waals surface area contributed by atoms with E-state index in [-0.39, 0.29) is 0 Å². The van der Waals surface area contributed by atoms with Gasteiger partial charge in [0, 0.05) is 17.2 Å². The van der Waals surface area contributed by atoms with Gasteiger partial charge in [0.2, 0.25) is 0 Å². The quantitative estimate of drug-likeness (QED) is 0.717. The molecule has 102 valence electrons. The zero-order valence-electron chi connectivity index (χ0n) is 12.7. The van der Waals surface area contributed by atoms with E-state index in [0.29, 0.717) is 16.7 Å². The summed E-state index contributed by atoms with van der Waals surface area (Å²) in [5, 5.41) is 0. The van der Waals surface area contributed by atoms with Crippen LogP contribution in [0.5, 0.6) is 0 Å². The lowest BCUT2D eigenvalue weighted by Gasteiger charge is -2.15. The largest absolute Gasteiger partial charge is 0.256 e. The summed E-state index contributed by atoms with van der Waals surface area (Å²) in [6.45, 7) is 9.35. The van der Waals surface area contributed by atoms with Gasteiger partial charge in [-0.3, -0.25) is 4.98 Å². The van der Waals surface area contributed by atoms with Gasteiger partial charge in [-0.25, -0.2) is 0 Å². The van der Waals surface area contributed by atoms with Crippen LogP contribution in [0.25, 0.3) is 11.3 Å². The number of benzene rings is 1. The van der Waals surface area contributed by atoms with Crippen molar-refractivity contribution in [3.8, 4) is 11.3 Å². The highest BCUT2D eigenvalue weighted by molar-refractivity contribution is 5.64. The monoisotopic (exact) mass is 263 g/mol. The van der Waals surface area contributed by atoms with E-state index in [1.54, 1.807) is 0 Å². The van der Waals surface area contributed by atoms with Crippen molar-refractivity contribution < 1.29 is 0 Å². The first kappa shape index (κ1) is 12.1. The fraction of sp³-hybridized carbons (Fsp3) is 0.421. The molecule has 2 aliphatic carbocycles. The van der Waals surface area contributed by atoms with Crippen LogP contribution in [0.15, 0.2) is 36.5 Å². The molecule has 1 heteroatoms. The minimum atomic E-state index is 0.376. The van der Waals surface area contributed by atoms with Crippen LogP contribution in [0, 0.1) is 12.3 Å². The van der Waals surface area contributed by atoms with Crippen molar-refractivity contribution in [1.29, 1.82) is 0 Å². The highest BCUT2D eigenvalue weighted by atomic mass is 14.8. The molecule has 3 unspecified atom stereocenters. The second-order valence-electron chi connectivity index (χ2n) is 7.17. The molecule has 1 aromatic heterocycles. The summed E-state index contributed by atoms with van der Waals surface area (Å²) in [6, 6.07) is 11.0. The molecule has 2 aromatic rings. The fourth-order valence-electron chi connectivity index (χ4n) is 4.24. The van der Waals surface area contributed by atoms with Crippen LogP contribution in [0.3, 0.4) is 0 Å². The number of aromatic nitrogens is 1. The molecule has 0 radical (unpaired) electrons. The minimum absolute atomic E-state index is 0.376. The van der Waals surface area contributed by atoms with Crippen molar-refractivity contribution in [3.05, 3.63) is 53.2 Å². The van der Waals surface area contributed by atoms with Crippen LogP contribution in [-0.2, 0) is 5.41 Å². The first-order valence-electron chi connectivity index (χ1n) is 7.53. The Kier molecular flexibility index (Phi) is 2.14. The Morgan fingerprint density at radius 3 is 2.55 bits per heavy atom. The van der Waals surface area contributed by atoms with Crippen LogP contribution in [0.1, 0.15) is 49.8 Å². The van der Waals surface area contributed by atoms with Gasteiger partial charge >= 0.3 is 0 Å². The maximum Gasteiger partial charge on any atom is 0.0705 e. The van der Waals surface area contributed by atoms with Crippen LogP contribution in [0.2, 0.25) is 0 Å². The first-order valence-corrected chi connectivity index (χ1v) is 7.53. The van der Waals surface area contributed by atoms with Gasteiger partial charge in [0.1, 0.15) is 0 Å². The van der Waals surface area contributed by atoms with E-state index in [9.17, 15) is 0 Å². The van der Waals surface area contributed by atoms with Gasteiger partial charge in [0.15, 0.2) is 0 Å². The zero-order valence-corrected chi connectivity index (χ0v) is 12.7. The molecule has 0 saturated heterocycles. The molecular formula is C19H21N. The number of hydrogen-bond donors (Lipinski definition) is 0. The standard InChI is InChI=1S/C19H21N/c1-12-5-7-14(8-6-12)17-9-15-13(2)18(3)11-19(18,4)16(15)10-20-17/h5-10,13H,11H2,1-4H3. The molecule has 0 amide bonds. The highest BCUT2D eigenvalue weighted by Gasteiger charge is 2.69. The molecule has 1 nitrogen and oxygen atoms in total. The summed E-state index contributed by atoms with van der Waals surface area (Å²) in [7, 11) is 0. The van der Waals surface area contributed by atoms with E-state index < -0.39 is 0 Å². The van der Waals surface area contributed by atoms with E-state index in [2.05, 4.69) is 64.2 Å². The number of aryl methyl sites for hydroxylation is 1. The predicted octanol–water partition coefficient (Wildman–Crippen LogP) is 4.84. The molecule has 20 heavy (non-hydrogen) atoms. The average molecular weight is 263 g/mol. The molecule has 1 saturated carbocycles. The summed E-state index contributed by atoms with van der Waals surface area (Å²) in [5.74, 6) is 0.648. The fourth-order valence-corrected chi connectivity index (χ4v) is 4.24. The predicted molar refractivity (Wildman–Crippen MR) is 82.9 cm³/mol. The highest BCUT2D eigenvalue weighted by Crippen LogP contribution is 2.75. The Morgan fingerprint density at radius 2 is 1.85 bits per heavy atom. The second kappa shape index (κ2) is 3.52. The Bertz CT molecular complexity index is 700. The van der Waals surface area contributed by atoms with Gasteiger partial charge in [-0.05, 0) is 41.9 Å². The number of pyridine rings is 1. The van der Waals surface area contributed by atoms with Gasteiger partial charge < -0.3 is 0 Å². The summed E-state index contributed by atoms with van der Waals surface area (Å²) >= 11 is 0. The van der Waals surface area contributed by atoms with E-state index >= 15 is 0 Å². The zero-order chi connectivity index (χ0) is 14.1. The van der Waals surface area contributed by atoms with Crippen molar-refractivity contribution in [2.45, 2.75) is 45.4 Å². The number of fused-ring (bicyclic) bond motifs is 3. The number of hydrogen-bond acceptors (Lipinski definition) is 1. The molecule has 0 spiro atoms. The van der Waals surface area contributed by atoms with E-state index in [1.165, 1.54) is 28.7 Å². The second-order valence-corrected chi connectivity index (χ2v) is 7.17. The number of rotatable bonds is 1. The molecule has 1 aromatic carbocycles. The molecule has 1 fully saturated rings. The van der Waals surface area contributed by atoms with Crippen LogP contribution in [0.4, 0.5) is 0 Å². The van der Waals surface area contributed by atoms with Gasteiger partial charge in [-0.15, -0.1) is 0 Å². The Morgan fingerprint density at radius 1 is 1.15 bits per heavy atom. The third kappa shape index (κ3) is 1.31. The average Bonchev–Trinajstić information content (AvgIpc) is 2.98. The topological polar surface area (TPSA) is 12.9 Å². The van der Waals surface area contributed by atoms with Gasteiger partial charge in [-0.2, -0.15) is 0 Å². The summed E-state index contributed by atoms with van der Waals surface area (Å²) < 4.78 is 0. The van der Waals surface area contributed by atoms with E-state index in [1.807, 2.05) is 0 Å². The summed E-state index contributed by atoms with van der Waals surface area (Å²) in [4.78, 5) is 4.74. The lowest BCUT2D eigenvalue weighted by molar-refractivity contribution is 0.441. The van der Waals surface area contributed by atoms with Crippen LogP contribution < -0.4 is 0 Å². The van der Waals surface area contributed by atoms with Gasteiger partial charge in [0.25, 0.3) is 0 Å². The van der Waals surface area contributed by atoms with Crippen molar-refractivity contribution in [3.63, 3.8) is 0 Å². The van der Waals surface area contributed by atoms with Crippen molar-refractivity contribution >= 4 is 0 Å². The number of nitrogens with zero attached hydrogens (tertiary/aromatic N) is 1. The van der Waals surface area contributed by atoms with Crippen molar-refractivity contribution in [2.24, 2.45) is 5.41 Å². The van der Waals surface area contributed by atoms with Crippen LogP contribution in [-0.4, -0.2) is 4.98 Å². The maximum atomic E-state index is 4.74. The molecule has 2 aliphatic rings. The molecule has 1 heterocycles. The lowest BCUT2D eigenvalue weighted by Crippen LogP contribution is -2.07. The maximum absolute atomic E-state index is 4.74. The Balaban J connectivity index is 1.82. The van der Waals surface area contributed by atoms with Crippen molar-refractivity contribution in [2.75, 3.05) is 0 Å². The van der Waals surface area contributed by atoms with E-state index in [4.69, 9.17) is 4.98 Å². The van der Waals surface area contributed by atoms with Gasteiger partial charge in [0.05, 0.1) is 5.69 Å². The van der Waals surface area contributed by atoms with Gasteiger partial charge in [-0.1, -0.05) is 50.6 Å². The smallest absolute Gasteiger partial charge is 0.0705 e. The molecule has 3 atom stereocenters. The Labute approximate surface area is 121 Å². The minimum Gasteiger partial charge on any atom is -0.256 e. The molecule has 0 bridgehead atoms. The first-order chi connectivity index (χ1) is 9.46. The third-order valence-electron chi connectivity index (χ3n) is 6.16. The SMILES string of the molecule is Cc1ccc(-c2cc3c(cn2)C2(C)CC2(C)C3C)cc1. The van der Waals surface area contributed by atoms with Crippen LogP contribution >= 0.6 is 0 Å². The molecule has 0 aliphatic heterocycles. The normalized spacial score (nSPS) is 33.7. The molecule has 0 N–H and O–H groups in total. The lowest BCUT2D eigenvalue weighted by atomic mass is 9.89. The molecular weight excluding hydrogens is 242 g/mol. The summed E-state index contributed by atoms with van der Waals surface area (Å²) in [6.07, 6.45) is 3.46. The summed E-state index contributed by atoms with van der Waals surface area (Å²) in [5.41, 5.74) is 7.48. The molecule has 4 rings (SSSR count). The Hall–Kier alpha value is -1.63.